The van der Waals surface area contributed by atoms with Crippen LogP contribution < -0.4 is 5.32 Å². The number of rotatable bonds is 9. The molecule has 0 saturated carbocycles. The van der Waals surface area contributed by atoms with E-state index in [4.69, 9.17) is 0 Å². The van der Waals surface area contributed by atoms with Crippen molar-refractivity contribution in [1.29, 1.82) is 0 Å². The van der Waals surface area contributed by atoms with Crippen LogP contribution in [0, 0.1) is 5.92 Å². The van der Waals surface area contributed by atoms with Crippen molar-refractivity contribution < 1.29 is 0 Å². The molecular weight excluding hydrogens is 208 g/mol. The van der Waals surface area contributed by atoms with Gasteiger partial charge in [-0.25, -0.2) is 0 Å². The predicted octanol–water partition coefficient (Wildman–Crippen LogP) is 3.28. The Morgan fingerprint density at radius 3 is 2.82 bits per heavy atom. The maximum atomic E-state index is 3.57. The topological polar surface area (TPSA) is 15.3 Å². The zero-order chi connectivity index (χ0) is 12.5. The van der Waals surface area contributed by atoms with Gasteiger partial charge in [0, 0.05) is 12.6 Å². The van der Waals surface area contributed by atoms with Crippen LogP contribution >= 0.6 is 0 Å². The van der Waals surface area contributed by atoms with Gasteiger partial charge in [-0.2, -0.15) is 0 Å². The molecule has 0 radical (unpaired) electrons. The first-order chi connectivity index (χ1) is 8.26. The van der Waals surface area contributed by atoms with Gasteiger partial charge in [0.2, 0.25) is 0 Å². The molecule has 2 unspecified atom stereocenters. The van der Waals surface area contributed by atoms with Gasteiger partial charge in [-0.1, -0.05) is 20.3 Å². The van der Waals surface area contributed by atoms with Crippen LogP contribution in [0.25, 0.3) is 0 Å². The third-order valence-electron chi connectivity index (χ3n) is 3.92. The van der Waals surface area contributed by atoms with Gasteiger partial charge in [-0.05, 0) is 64.6 Å². The molecule has 2 nitrogen and oxygen atoms in total. The fourth-order valence-corrected chi connectivity index (χ4v) is 2.87. The van der Waals surface area contributed by atoms with E-state index in [9.17, 15) is 0 Å². The minimum Gasteiger partial charge on any atom is -0.314 e. The molecule has 0 bridgehead atoms. The number of hydrogen-bond donors (Lipinski definition) is 1. The predicted molar refractivity (Wildman–Crippen MR) is 76.4 cm³/mol. The third kappa shape index (κ3) is 6.42. The maximum Gasteiger partial charge on any atom is 0.00391 e. The lowest BCUT2D eigenvalue weighted by atomic mass is 10.0. The molecule has 1 aliphatic heterocycles. The monoisotopic (exact) mass is 240 g/mol. The van der Waals surface area contributed by atoms with E-state index in [0.717, 1.165) is 5.92 Å². The van der Waals surface area contributed by atoms with Gasteiger partial charge in [0.05, 0.1) is 0 Å². The minimum absolute atomic E-state index is 0.698. The molecule has 2 heteroatoms. The average molecular weight is 240 g/mol. The normalized spacial score (nSPS) is 23.1. The van der Waals surface area contributed by atoms with Crippen LogP contribution in [-0.4, -0.2) is 37.1 Å². The van der Waals surface area contributed by atoms with Crippen LogP contribution in [0.5, 0.6) is 0 Å². The van der Waals surface area contributed by atoms with Crippen LogP contribution in [0.1, 0.15) is 59.3 Å². The van der Waals surface area contributed by atoms with Crippen molar-refractivity contribution in [3.05, 3.63) is 0 Å². The van der Waals surface area contributed by atoms with Crippen LogP contribution in [0.3, 0.4) is 0 Å². The van der Waals surface area contributed by atoms with Gasteiger partial charge in [-0.3, -0.25) is 0 Å². The van der Waals surface area contributed by atoms with E-state index < -0.39 is 0 Å². The summed E-state index contributed by atoms with van der Waals surface area (Å²) >= 11 is 0. The van der Waals surface area contributed by atoms with Crippen molar-refractivity contribution in [2.45, 2.75) is 65.3 Å². The summed E-state index contributed by atoms with van der Waals surface area (Å²) in [5.74, 6) is 0.996. The molecule has 2 atom stereocenters. The Kier molecular flexibility index (Phi) is 7.87. The smallest absolute Gasteiger partial charge is 0.00391 e. The molecule has 0 aromatic rings. The van der Waals surface area contributed by atoms with Gasteiger partial charge < -0.3 is 10.2 Å². The Bertz CT molecular complexity index is 182. The van der Waals surface area contributed by atoms with Gasteiger partial charge >= 0.3 is 0 Å². The van der Waals surface area contributed by atoms with Crippen LogP contribution in [0.2, 0.25) is 0 Å². The molecule has 1 heterocycles. The van der Waals surface area contributed by atoms with Crippen LogP contribution in [0.4, 0.5) is 0 Å². The largest absolute Gasteiger partial charge is 0.314 e. The molecule has 1 N–H and O–H groups in total. The number of likely N-dealkylation sites (tertiary alicyclic amines) is 1. The molecule has 0 aromatic carbocycles. The molecule has 102 valence electrons. The lowest BCUT2D eigenvalue weighted by Crippen LogP contribution is -2.28. The van der Waals surface area contributed by atoms with E-state index in [0.29, 0.717) is 6.04 Å². The Morgan fingerprint density at radius 1 is 1.29 bits per heavy atom. The standard InChI is InChI=1S/C15H32N2/c1-4-7-15-9-12-17(13-15)11-6-8-14(3)16-10-5-2/h14-16H,4-13H2,1-3H3. The van der Waals surface area contributed by atoms with Crippen molar-refractivity contribution in [3.63, 3.8) is 0 Å². The van der Waals surface area contributed by atoms with Crippen molar-refractivity contribution in [2.75, 3.05) is 26.2 Å². The van der Waals surface area contributed by atoms with E-state index in [1.54, 1.807) is 0 Å². The van der Waals surface area contributed by atoms with Gasteiger partial charge in [0.25, 0.3) is 0 Å². The van der Waals surface area contributed by atoms with Crippen LogP contribution in [0.15, 0.2) is 0 Å². The molecule has 0 amide bonds. The minimum atomic E-state index is 0.698. The van der Waals surface area contributed by atoms with Crippen molar-refractivity contribution in [2.24, 2.45) is 5.92 Å². The molecule has 1 saturated heterocycles. The Hall–Kier alpha value is -0.0800. The summed E-state index contributed by atoms with van der Waals surface area (Å²) in [6.07, 6.45) is 8.17. The quantitative estimate of drug-likeness (QED) is 0.665. The molecule has 17 heavy (non-hydrogen) atoms. The molecule has 1 fully saturated rings. The average Bonchev–Trinajstić information content (AvgIpc) is 2.75. The summed E-state index contributed by atoms with van der Waals surface area (Å²) in [5, 5.41) is 3.57. The van der Waals surface area contributed by atoms with Gasteiger partial charge in [0.15, 0.2) is 0 Å². The lowest BCUT2D eigenvalue weighted by Gasteiger charge is -2.18. The number of hydrogen-bond acceptors (Lipinski definition) is 2. The Morgan fingerprint density at radius 2 is 2.12 bits per heavy atom. The molecule has 0 aromatic heterocycles. The summed E-state index contributed by atoms with van der Waals surface area (Å²) < 4.78 is 0. The van der Waals surface area contributed by atoms with E-state index in [1.807, 2.05) is 0 Å². The Labute approximate surface area is 108 Å². The first kappa shape index (κ1) is 15.0. The fraction of sp³-hybridized carbons (Fsp3) is 1.00. The molecule has 1 aliphatic rings. The van der Waals surface area contributed by atoms with Crippen molar-refractivity contribution in [1.82, 2.24) is 10.2 Å². The highest BCUT2D eigenvalue weighted by atomic mass is 15.1. The molecule has 1 rings (SSSR count). The molecule has 0 aliphatic carbocycles. The SMILES string of the molecule is CCCNC(C)CCCN1CCC(CCC)C1. The van der Waals surface area contributed by atoms with Crippen molar-refractivity contribution >= 4 is 0 Å². The van der Waals surface area contributed by atoms with Gasteiger partial charge in [0.1, 0.15) is 0 Å². The van der Waals surface area contributed by atoms with E-state index in [1.165, 1.54) is 64.7 Å². The molecule has 0 spiro atoms. The summed E-state index contributed by atoms with van der Waals surface area (Å²) in [6, 6.07) is 0.698. The molecular formula is C15H32N2. The van der Waals surface area contributed by atoms with Gasteiger partial charge in [-0.15, -0.1) is 0 Å². The zero-order valence-electron chi connectivity index (χ0n) is 12.2. The highest BCUT2D eigenvalue weighted by Gasteiger charge is 2.20. The first-order valence-electron chi connectivity index (χ1n) is 7.72. The summed E-state index contributed by atoms with van der Waals surface area (Å²) in [4.78, 5) is 2.67. The number of nitrogens with one attached hydrogen (secondary N) is 1. The van der Waals surface area contributed by atoms with E-state index in [2.05, 4.69) is 31.0 Å². The highest BCUT2D eigenvalue weighted by Crippen LogP contribution is 2.20. The third-order valence-corrected chi connectivity index (χ3v) is 3.92. The number of nitrogens with zero attached hydrogens (tertiary/aromatic N) is 1. The summed E-state index contributed by atoms with van der Waals surface area (Å²) in [5.41, 5.74) is 0. The second-order valence-electron chi connectivity index (χ2n) is 5.74. The zero-order valence-corrected chi connectivity index (χ0v) is 12.2. The second kappa shape index (κ2) is 8.93. The van der Waals surface area contributed by atoms with Crippen molar-refractivity contribution in [3.8, 4) is 0 Å². The Balaban J connectivity index is 2.00. The van der Waals surface area contributed by atoms with Crippen LogP contribution in [-0.2, 0) is 0 Å². The fourth-order valence-electron chi connectivity index (χ4n) is 2.87. The van der Waals surface area contributed by atoms with E-state index in [-0.39, 0.29) is 0 Å². The second-order valence-corrected chi connectivity index (χ2v) is 5.74. The maximum absolute atomic E-state index is 3.57. The highest BCUT2D eigenvalue weighted by molar-refractivity contribution is 4.75. The van der Waals surface area contributed by atoms with E-state index >= 15 is 0 Å². The summed E-state index contributed by atoms with van der Waals surface area (Å²) in [6.45, 7) is 12.1. The summed E-state index contributed by atoms with van der Waals surface area (Å²) in [7, 11) is 0. The first-order valence-corrected chi connectivity index (χ1v) is 7.72. The lowest BCUT2D eigenvalue weighted by molar-refractivity contribution is 0.306.